The van der Waals surface area contributed by atoms with E-state index in [-0.39, 0.29) is 0 Å². The number of hydrogen-bond acceptors (Lipinski definition) is 4. The maximum atomic E-state index is 4.55. The van der Waals surface area contributed by atoms with Crippen LogP contribution in [0.15, 0.2) is 24.8 Å². The molecule has 1 N–H and O–H groups in total. The molecule has 2 aromatic rings. The highest BCUT2D eigenvalue weighted by Gasteiger charge is 2.23. The molecular weight excluding hydrogens is 226 g/mol. The first-order chi connectivity index (χ1) is 8.83. The Morgan fingerprint density at radius 2 is 2.33 bits per heavy atom. The predicted octanol–water partition coefficient (Wildman–Crippen LogP) is 1.89. The largest absolute Gasteiger partial charge is 0.355 e. The van der Waals surface area contributed by atoms with Gasteiger partial charge in [-0.05, 0) is 19.8 Å². The van der Waals surface area contributed by atoms with Gasteiger partial charge in [0.05, 0.1) is 11.9 Å². The number of nitrogens with zero attached hydrogens (tertiary/aromatic N) is 4. The van der Waals surface area contributed by atoms with Gasteiger partial charge < -0.3 is 9.88 Å². The Bertz CT molecular complexity index is 508. The first kappa shape index (κ1) is 11.2. The van der Waals surface area contributed by atoms with Gasteiger partial charge in [0, 0.05) is 37.6 Å². The van der Waals surface area contributed by atoms with Gasteiger partial charge in [-0.15, -0.1) is 0 Å². The number of rotatable bonds is 2. The number of aromatic amines is 1. The Kier molecular flexibility index (Phi) is 2.96. The second-order valence-corrected chi connectivity index (χ2v) is 4.78. The molecule has 1 aliphatic rings. The lowest BCUT2D eigenvalue weighted by Crippen LogP contribution is -2.35. The smallest absolute Gasteiger partial charge is 0.147 e. The monoisotopic (exact) mass is 243 g/mol. The van der Waals surface area contributed by atoms with E-state index in [0.717, 1.165) is 30.4 Å². The second kappa shape index (κ2) is 4.76. The molecule has 94 valence electrons. The van der Waals surface area contributed by atoms with Crippen molar-refractivity contribution in [3.05, 3.63) is 36.3 Å². The van der Waals surface area contributed by atoms with Gasteiger partial charge in [-0.1, -0.05) is 0 Å². The quantitative estimate of drug-likeness (QED) is 0.875. The van der Waals surface area contributed by atoms with Crippen molar-refractivity contribution >= 4 is 5.82 Å². The van der Waals surface area contributed by atoms with E-state index >= 15 is 0 Å². The third kappa shape index (κ3) is 2.20. The van der Waals surface area contributed by atoms with Gasteiger partial charge in [0.2, 0.25) is 0 Å². The van der Waals surface area contributed by atoms with Gasteiger partial charge in [0.15, 0.2) is 0 Å². The summed E-state index contributed by atoms with van der Waals surface area (Å²) < 4.78 is 0. The summed E-state index contributed by atoms with van der Waals surface area (Å²) in [7, 11) is 0. The van der Waals surface area contributed by atoms with Gasteiger partial charge in [0.25, 0.3) is 0 Å². The van der Waals surface area contributed by atoms with Gasteiger partial charge in [-0.25, -0.2) is 9.97 Å². The van der Waals surface area contributed by atoms with Crippen LogP contribution in [0.3, 0.4) is 0 Å². The molecule has 2 aromatic heterocycles. The minimum Gasteiger partial charge on any atom is -0.355 e. The van der Waals surface area contributed by atoms with E-state index in [0.29, 0.717) is 5.92 Å². The molecule has 1 atom stereocenters. The maximum absolute atomic E-state index is 4.55. The van der Waals surface area contributed by atoms with E-state index < -0.39 is 0 Å². The summed E-state index contributed by atoms with van der Waals surface area (Å²) in [6, 6.07) is 0. The molecule has 0 spiro atoms. The van der Waals surface area contributed by atoms with Gasteiger partial charge in [-0.3, -0.25) is 4.98 Å². The Morgan fingerprint density at radius 1 is 1.39 bits per heavy atom. The topological polar surface area (TPSA) is 57.7 Å². The van der Waals surface area contributed by atoms with Crippen molar-refractivity contribution in [1.82, 2.24) is 19.9 Å². The van der Waals surface area contributed by atoms with E-state index in [2.05, 4.69) is 24.8 Å². The molecule has 18 heavy (non-hydrogen) atoms. The van der Waals surface area contributed by atoms with Crippen molar-refractivity contribution in [1.29, 1.82) is 0 Å². The summed E-state index contributed by atoms with van der Waals surface area (Å²) in [4.78, 5) is 18.7. The Hall–Kier alpha value is -1.91. The first-order valence-corrected chi connectivity index (χ1v) is 6.36. The fourth-order valence-corrected chi connectivity index (χ4v) is 2.51. The van der Waals surface area contributed by atoms with Crippen molar-refractivity contribution in [3.63, 3.8) is 0 Å². The Morgan fingerprint density at radius 3 is 3.11 bits per heavy atom. The third-order valence-electron chi connectivity index (χ3n) is 3.39. The maximum Gasteiger partial charge on any atom is 0.147 e. The molecule has 0 amide bonds. The van der Waals surface area contributed by atoms with E-state index in [1.807, 2.05) is 25.5 Å². The van der Waals surface area contributed by atoms with Gasteiger partial charge >= 0.3 is 0 Å². The van der Waals surface area contributed by atoms with E-state index in [9.17, 15) is 0 Å². The number of aromatic nitrogens is 4. The number of imidazole rings is 1. The highest BCUT2D eigenvalue weighted by Crippen LogP contribution is 2.26. The van der Waals surface area contributed by atoms with Crippen LogP contribution >= 0.6 is 0 Å². The molecule has 0 radical (unpaired) electrons. The molecule has 1 unspecified atom stereocenters. The third-order valence-corrected chi connectivity index (χ3v) is 3.39. The van der Waals surface area contributed by atoms with Crippen LogP contribution in [0.5, 0.6) is 0 Å². The van der Waals surface area contributed by atoms with Crippen molar-refractivity contribution in [2.45, 2.75) is 25.7 Å². The first-order valence-electron chi connectivity index (χ1n) is 6.36. The van der Waals surface area contributed by atoms with Crippen LogP contribution in [0.2, 0.25) is 0 Å². The summed E-state index contributed by atoms with van der Waals surface area (Å²) in [6.07, 6.45) is 9.70. The lowest BCUT2D eigenvalue weighted by atomic mass is 9.97. The summed E-state index contributed by atoms with van der Waals surface area (Å²) in [5.74, 6) is 2.53. The van der Waals surface area contributed by atoms with E-state index in [1.165, 1.54) is 12.8 Å². The molecule has 0 aromatic carbocycles. The molecule has 1 aliphatic heterocycles. The molecule has 3 rings (SSSR count). The van der Waals surface area contributed by atoms with Crippen LogP contribution in [0.25, 0.3) is 0 Å². The molecule has 1 saturated heterocycles. The summed E-state index contributed by atoms with van der Waals surface area (Å²) in [6.45, 7) is 3.99. The number of nitrogens with one attached hydrogen (secondary N) is 1. The summed E-state index contributed by atoms with van der Waals surface area (Å²) in [5.41, 5.74) is 0.965. The van der Waals surface area contributed by atoms with Crippen molar-refractivity contribution in [3.8, 4) is 0 Å². The zero-order valence-corrected chi connectivity index (χ0v) is 10.5. The molecule has 5 heteroatoms. The van der Waals surface area contributed by atoms with Crippen LogP contribution in [0.1, 0.15) is 30.3 Å². The molecule has 1 fully saturated rings. The molecule has 0 bridgehead atoms. The van der Waals surface area contributed by atoms with E-state index in [4.69, 9.17) is 0 Å². The zero-order chi connectivity index (χ0) is 12.4. The van der Waals surface area contributed by atoms with Crippen molar-refractivity contribution < 1.29 is 0 Å². The van der Waals surface area contributed by atoms with Crippen LogP contribution in [-0.2, 0) is 0 Å². The van der Waals surface area contributed by atoms with Crippen molar-refractivity contribution in [2.75, 3.05) is 18.0 Å². The lowest BCUT2D eigenvalue weighted by Gasteiger charge is -2.32. The fraction of sp³-hybridized carbons (Fsp3) is 0.462. The SMILES string of the molecule is Cc1cncc(N2CCCC(c3ncc[nH]3)C2)n1. The van der Waals surface area contributed by atoms with Crippen LogP contribution in [0, 0.1) is 6.92 Å². The average molecular weight is 243 g/mol. The Balaban J connectivity index is 1.78. The average Bonchev–Trinajstić information content (AvgIpc) is 2.93. The zero-order valence-electron chi connectivity index (χ0n) is 10.5. The molecule has 3 heterocycles. The van der Waals surface area contributed by atoms with E-state index in [1.54, 1.807) is 6.20 Å². The second-order valence-electron chi connectivity index (χ2n) is 4.78. The fourth-order valence-electron chi connectivity index (χ4n) is 2.51. The molecular formula is C13H17N5. The van der Waals surface area contributed by atoms with Crippen LogP contribution in [-0.4, -0.2) is 33.0 Å². The normalized spacial score (nSPS) is 20.1. The van der Waals surface area contributed by atoms with Crippen LogP contribution < -0.4 is 4.90 Å². The number of aryl methyl sites for hydroxylation is 1. The minimum atomic E-state index is 0.469. The Labute approximate surface area is 106 Å². The predicted molar refractivity (Wildman–Crippen MR) is 69.5 cm³/mol. The molecule has 0 saturated carbocycles. The highest BCUT2D eigenvalue weighted by molar-refractivity contribution is 5.37. The number of H-pyrrole nitrogens is 1. The van der Waals surface area contributed by atoms with Gasteiger partial charge in [-0.2, -0.15) is 0 Å². The number of anilines is 1. The lowest BCUT2D eigenvalue weighted by molar-refractivity contribution is 0.491. The minimum absolute atomic E-state index is 0.469. The molecule has 5 nitrogen and oxygen atoms in total. The number of hydrogen-bond donors (Lipinski definition) is 1. The summed E-state index contributed by atoms with van der Waals surface area (Å²) >= 11 is 0. The molecule has 0 aliphatic carbocycles. The summed E-state index contributed by atoms with van der Waals surface area (Å²) in [5, 5.41) is 0. The van der Waals surface area contributed by atoms with Crippen LogP contribution in [0.4, 0.5) is 5.82 Å². The van der Waals surface area contributed by atoms with Gasteiger partial charge in [0.1, 0.15) is 11.6 Å². The van der Waals surface area contributed by atoms with Crippen molar-refractivity contribution in [2.24, 2.45) is 0 Å². The standard InChI is InChI=1S/C13H17N5/c1-10-7-14-8-12(17-10)18-6-2-3-11(9-18)13-15-4-5-16-13/h4-5,7-8,11H,2-3,6,9H2,1H3,(H,15,16). The highest BCUT2D eigenvalue weighted by atomic mass is 15.2. The number of piperidine rings is 1.